The number of nitrogens with one attached hydrogen (secondary N) is 1. The number of hydrogen-bond acceptors (Lipinski definition) is 4. The fraction of sp³-hybridized carbons (Fsp3) is 0.435. The van der Waals surface area contributed by atoms with Crippen molar-refractivity contribution in [2.24, 2.45) is 0 Å². The van der Waals surface area contributed by atoms with Crippen molar-refractivity contribution >= 4 is 6.03 Å². The van der Waals surface area contributed by atoms with E-state index in [4.69, 9.17) is 9.47 Å². The van der Waals surface area contributed by atoms with Crippen LogP contribution < -0.4 is 14.8 Å². The molecule has 1 N–H and O–H groups in total. The maximum Gasteiger partial charge on any atom is 0.318 e. The van der Waals surface area contributed by atoms with Gasteiger partial charge in [0.25, 0.3) is 0 Å². The average molecular weight is 396 g/mol. The van der Waals surface area contributed by atoms with Crippen molar-refractivity contribution in [3.63, 3.8) is 0 Å². The normalized spacial score (nSPS) is 17.1. The van der Waals surface area contributed by atoms with Crippen molar-refractivity contribution in [1.82, 2.24) is 15.1 Å². The van der Waals surface area contributed by atoms with E-state index < -0.39 is 5.54 Å². The Morgan fingerprint density at radius 2 is 1.66 bits per heavy atom. The Hall–Kier alpha value is -2.73. The SMILES string of the molecule is CC(C)(NC(=O)N1CCN(Cc2ccccc2)CC1)c1ccc2c(c1)OCCO2. The van der Waals surface area contributed by atoms with E-state index in [1.165, 1.54) is 5.56 Å². The number of carbonyl (C=O) groups excluding carboxylic acids is 1. The predicted octanol–water partition coefficient (Wildman–Crippen LogP) is 3.22. The van der Waals surface area contributed by atoms with Crippen molar-refractivity contribution in [3.05, 3.63) is 59.7 Å². The predicted molar refractivity (Wildman–Crippen MR) is 112 cm³/mol. The lowest BCUT2D eigenvalue weighted by molar-refractivity contribution is 0.130. The number of nitrogens with zero attached hydrogens (tertiary/aromatic N) is 2. The molecular weight excluding hydrogens is 366 g/mol. The van der Waals surface area contributed by atoms with Crippen LogP contribution in [0.25, 0.3) is 0 Å². The van der Waals surface area contributed by atoms with Crippen molar-refractivity contribution in [3.8, 4) is 11.5 Å². The summed E-state index contributed by atoms with van der Waals surface area (Å²) in [4.78, 5) is 17.2. The Labute approximate surface area is 172 Å². The van der Waals surface area contributed by atoms with Gasteiger partial charge in [0.05, 0.1) is 5.54 Å². The first-order valence-corrected chi connectivity index (χ1v) is 10.2. The third-order valence-corrected chi connectivity index (χ3v) is 5.59. The summed E-state index contributed by atoms with van der Waals surface area (Å²) in [6.07, 6.45) is 0. The molecule has 2 aromatic carbocycles. The largest absolute Gasteiger partial charge is 0.486 e. The lowest BCUT2D eigenvalue weighted by Crippen LogP contribution is -2.54. The minimum absolute atomic E-state index is 0.0238. The molecule has 0 atom stereocenters. The van der Waals surface area contributed by atoms with Crippen molar-refractivity contribution < 1.29 is 14.3 Å². The summed E-state index contributed by atoms with van der Waals surface area (Å²) in [6.45, 7) is 9.31. The quantitative estimate of drug-likeness (QED) is 0.864. The molecule has 2 aliphatic heterocycles. The van der Waals surface area contributed by atoms with Crippen LogP contribution in [-0.2, 0) is 12.1 Å². The summed E-state index contributed by atoms with van der Waals surface area (Å²) in [5, 5.41) is 3.19. The Balaban J connectivity index is 1.33. The number of ether oxygens (including phenoxy) is 2. The molecule has 6 heteroatoms. The molecule has 0 spiro atoms. The second-order valence-corrected chi connectivity index (χ2v) is 8.16. The third-order valence-electron chi connectivity index (χ3n) is 5.59. The highest BCUT2D eigenvalue weighted by Crippen LogP contribution is 2.34. The first kappa shape index (κ1) is 19.6. The van der Waals surface area contributed by atoms with E-state index >= 15 is 0 Å². The summed E-state index contributed by atoms with van der Waals surface area (Å²) in [5.41, 5.74) is 1.80. The van der Waals surface area contributed by atoms with Gasteiger partial charge < -0.3 is 19.7 Å². The van der Waals surface area contributed by atoms with Crippen LogP contribution in [-0.4, -0.2) is 55.2 Å². The van der Waals surface area contributed by atoms with Gasteiger partial charge in [0.15, 0.2) is 11.5 Å². The fourth-order valence-corrected chi connectivity index (χ4v) is 3.80. The number of piperazine rings is 1. The standard InChI is InChI=1S/C23H29N3O3/c1-23(2,19-8-9-20-21(16-19)29-15-14-28-20)24-22(27)26-12-10-25(11-13-26)17-18-6-4-3-5-7-18/h3-9,16H,10-15,17H2,1-2H3,(H,24,27). The minimum Gasteiger partial charge on any atom is -0.486 e. The van der Waals surface area contributed by atoms with Gasteiger partial charge in [0.2, 0.25) is 0 Å². The van der Waals surface area contributed by atoms with Crippen LogP contribution in [0.1, 0.15) is 25.0 Å². The molecule has 29 heavy (non-hydrogen) atoms. The molecule has 2 aliphatic rings. The molecule has 4 rings (SSSR count). The van der Waals surface area contributed by atoms with E-state index in [9.17, 15) is 4.79 Å². The molecule has 2 amide bonds. The van der Waals surface area contributed by atoms with Gasteiger partial charge in [-0.15, -0.1) is 0 Å². The number of amides is 2. The number of hydrogen-bond donors (Lipinski definition) is 1. The van der Waals surface area contributed by atoms with E-state index in [-0.39, 0.29) is 6.03 Å². The minimum atomic E-state index is -0.506. The maximum absolute atomic E-state index is 12.9. The first-order chi connectivity index (χ1) is 14.0. The summed E-state index contributed by atoms with van der Waals surface area (Å²) in [7, 11) is 0. The lowest BCUT2D eigenvalue weighted by Gasteiger charge is -2.37. The molecule has 0 unspecified atom stereocenters. The molecule has 2 heterocycles. The van der Waals surface area contributed by atoms with Gasteiger partial charge in [-0.3, -0.25) is 4.90 Å². The van der Waals surface area contributed by atoms with Crippen LogP contribution in [0.4, 0.5) is 4.79 Å². The first-order valence-electron chi connectivity index (χ1n) is 10.2. The summed E-state index contributed by atoms with van der Waals surface area (Å²) in [6, 6.07) is 16.3. The Kier molecular flexibility index (Phi) is 5.62. The smallest absolute Gasteiger partial charge is 0.318 e. The zero-order valence-electron chi connectivity index (χ0n) is 17.2. The molecule has 154 valence electrons. The second kappa shape index (κ2) is 8.33. The van der Waals surface area contributed by atoms with E-state index in [0.717, 1.165) is 49.8 Å². The third kappa shape index (κ3) is 4.65. The lowest BCUT2D eigenvalue weighted by atomic mass is 9.94. The molecule has 0 radical (unpaired) electrons. The highest BCUT2D eigenvalue weighted by Gasteiger charge is 2.29. The molecule has 0 aromatic heterocycles. The van der Waals surface area contributed by atoms with Gasteiger partial charge >= 0.3 is 6.03 Å². The van der Waals surface area contributed by atoms with Gasteiger partial charge in [0.1, 0.15) is 13.2 Å². The highest BCUT2D eigenvalue weighted by atomic mass is 16.6. The van der Waals surface area contributed by atoms with E-state index in [0.29, 0.717) is 13.2 Å². The molecule has 0 aliphatic carbocycles. The molecule has 6 nitrogen and oxygen atoms in total. The van der Waals surface area contributed by atoms with Crippen LogP contribution in [0, 0.1) is 0 Å². The molecular formula is C23H29N3O3. The number of fused-ring (bicyclic) bond motifs is 1. The molecule has 1 saturated heterocycles. The fourth-order valence-electron chi connectivity index (χ4n) is 3.80. The Bertz CT molecular complexity index is 846. The average Bonchev–Trinajstić information content (AvgIpc) is 2.74. The molecule has 1 fully saturated rings. The monoisotopic (exact) mass is 395 g/mol. The Morgan fingerprint density at radius 3 is 2.38 bits per heavy atom. The van der Waals surface area contributed by atoms with Crippen molar-refractivity contribution in [2.45, 2.75) is 25.9 Å². The summed E-state index contributed by atoms with van der Waals surface area (Å²) >= 11 is 0. The second-order valence-electron chi connectivity index (χ2n) is 8.16. The van der Waals surface area contributed by atoms with Crippen LogP contribution in [0.15, 0.2) is 48.5 Å². The zero-order valence-corrected chi connectivity index (χ0v) is 17.2. The van der Waals surface area contributed by atoms with E-state index in [2.05, 4.69) is 34.5 Å². The molecule has 0 saturated carbocycles. The number of benzene rings is 2. The van der Waals surface area contributed by atoms with E-state index in [1.54, 1.807) is 0 Å². The molecule has 0 bridgehead atoms. The van der Waals surface area contributed by atoms with Gasteiger partial charge in [-0.1, -0.05) is 36.4 Å². The van der Waals surface area contributed by atoms with Crippen LogP contribution in [0.5, 0.6) is 11.5 Å². The van der Waals surface area contributed by atoms with Crippen molar-refractivity contribution in [1.29, 1.82) is 0 Å². The number of urea groups is 1. The number of rotatable bonds is 4. The van der Waals surface area contributed by atoms with Crippen LogP contribution >= 0.6 is 0 Å². The zero-order chi connectivity index (χ0) is 20.3. The highest BCUT2D eigenvalue weighted by molar-refractivity contribution is 5.75. The van der Waals surface area contributed by atoms with Gasteiger partial charge in [-0.2, -0.15) is 0 Å². The summed E-state index contributed by atoms with van der Waals surface area (Å²) in [5.74, 6) is 1.50. The van der Waals surface area contributed by atoms with Crippen LogP contribution in [0.2, 0.25) is 0 Å². The van der Waals surface area contributed by atoms with Gasteiger partial charge in [-0.25, -0.2) is 4.79 Å². The Morgan fingerprint density at radius 1 is 0.966 bits per heavy atom. The van der Waals surface area contributed by atoms with Crippen LogP contribution in [0.3, 0.4) is 0 Å². The number of carbonyl (C=O) groups is 1. The van der Waals surface area contributed by atoms with Gasteiger partial charge in [0, 0.05) is 32.7 Å². The molecule has 2 aromatic rings. The van der Waals surface area contributed by atoms with E-state index in [1.807, 2.05) is 43.0 Å². The van der Waals surface area contributed by atoms with Gasteiger partial charge in [-0.05, 0) is 37.1 Å². The van der Waals surface area contributed by atoms with Crippen molar-refractivity contribution in [2.75, 3.05) is 39.4 Å². The maximum atomic E-state index is 12.9. The topological polar surface area (TPSA) is 54.0 Å². The summed E-state index contributed by atoms with van der Waals surface area (Å²) < 4.78 is 11.3.